The quantitative estimate of drug-likeness (QED) is 0.455. The van der Waals surface area contributed by atoms with Crippen molar-refractivity contribution in [2.24, 2.45) is 0 Å². The Kier molecular flexibility index (Phi) is 5.49. The topological polar surface area (TPSA) is 72.7 Å². The average Bonchev–Trinajstić information content (AvgIpc) is 2.35. The summed E-state index contributed by atoms with van der Waals surface area (Å²) < 4.78 is 4.92. The van der Waals surface area contributed by atoms with Gasteiger partial charge in [-0.15, -0.1) is 0 Å². The number of carbonyl (C=O) groups is 1. The highest BCUT2D eigenvalue weighted by molar-refractivity contribution is 5.78. The molecule has 1 aromatic carbocycles. The van der Waals surface area contributed by atoms with E-state index in [0.717, 1.165) is 0 Å². The van der Waals surface area contributed by atoms with Crippen LogP contribution >= 0.6 is 0 Å². The Labute approximate surface area is 118 Å². The van der Waals surface area contributed by atoms with Gasteiger partial charge < -0.3 is 9.64 Å². The van der Waals surface area contributed by atoms with E-state index < -0.39 is 10.9 Å². The summed E-state index contributed by atoms with van der Waals surface area (Å²) >= 11 is 0. The van der Waals surface area contributed by atoms with Crippen LogP contribution in [0.15, 0.2) is 18.2 Å². The van der Waals surface area contributed by atoms with Crippen LogP contribution in [-0.4, -0.2) is 30.1 Å². The number of hydrogen-bond acceptors (Lipinski definition) is 5. The molecule has 20 heavy (non-hydrogen) atoms. The van der Waals surface area contributed by atoms with E-state index in [4.69, 9.17) is 4.74 Å². The van der Waals surface area contributed by atoms with Crippen LogP contribution in [0.3, 0.4) is 0 Å². The Hall–Kier alpha value is -2.11. The molecule has 0 bridgehead atoms. The summed E-state index contributed by atoms with van der Waals surface area (Å²) in [5.41, 5.74) is 1.05. The molecule has 0 unspecified atom stereocenters. The third-order valence-corrected chi connectivity index (χ3v) is 2.94. The Morgan fingerprint density at radius 1 is 1.45 bits per heavy atom. The number of carbonyl (C=O) groups excluding carboxylic acids is 1. The van der Waals surface area contributed by atoms with Crippen molar-refractivity contribution < 1.29 is 14.5 Å². The molecule has 110 valence electrons. The highest BCUT2D eigenvalue weighted by atomic mass is 16.6. The minimum Gasteiger partial charge on any atom is -0.465 e. The van der Waals surface area contributed by atoms with Crippen LogP contribution in [0.5, 0.6) is 0 Å². The lowest BCUT2D eigenvalue weighted by Crippen LogP contribution is -2.37. The molecule has 0 aromatic heterocycles. The van der Waals surface area contributed by atoms with E-state index in [2.05, 4.69) is 0 Å². The maximum absolute atomic E-state index is 11.7. The molecule has 0 heterocycles. The molecule has 0 radical (unpaired) electrons. The molecule has 6 heteroatoms. The van der Waals surface area contributed by atoms with Gasteiger partial charge in [0.2, 0.25) is 0 Å². The molecule has 1 aromatic rings. The third-order valence-electron chi connectivity index (χ3n) is 2.94. The third kappa shape index (κ3) is 3.69. The van der Waals surface area contributed by atoms with Gasteiger partial charge in [0.05, 0.1) is 11.5 Å². The van der Waals surface area contributed by atoms with Crippen molar-refractivity contribution in [2.75, 3.05) is 18.1 Å². The Balaban J connectivity index is 3.19. The van der Waals surface area contributed by atoms with Crippen LogP contribution in [0.2, 0.25) is 0 Å². The molecule has 0 atom stereocenters. The lowest BCUT2D eigenvalue weighted by atomic mass is 10.1. The number of nitro benzene ring substituents is 1. The molecule has 1 rings (SSSR count). The maximum Gasteiger partial charge on any atom is 0.325 e. The van der Waals surface area contributed by atoms with Crippen LogP contribution in [0.4, 0.5) is 11.4 Å². The second-order valence-corrected chi connectivity index (χ2v) is 4.73. The first-order valence-corrected chi connectivity index (χ1v) is 6.54. The number of hydrogen-bond donors (Lipinski definition) is 0. The van der Waals surface area contributed by atoms with Gasteiger partial charge in [0, 0.05) is 11.6 Å². The largest absolute Gasteiger partial charge is 0.465 e. The minimum absolute atomic E-state index is 0.00417. The SMILES string of the molecule is CCOC(=O)CN(c1cccc(C)c1[N+](=O)[O-])C(C)C. The number of nitro groups is 1. The van der Waals surface area contributed by atoms with Gasteiger partial charge in [-0.3, -0.25) is 14.9 Å². The Bertz CT molecular complexity index is 500. The maximum atomic E-state index is 11.7. The predicted molar refractivity (Wildman–Crippen MR) is 76.9 cm³/mol. The summed E-state index contributed by atoms with van der Waals surface area (Å²) in [6.07, 6.45) is 0. The molecule has 0 spiro atoms. The van der Waals surface area contributed by atoms with Crippen molar-refractivity contribution in [3.05, 3.63) is 33.9 Å². The van der Waals surface area contributed by atoms with Gasteiger partial charge in [0.1, 0.15) is 12.2 Å². The fourth-order valence-electron chi connectivity index (χ4n) is 2.00. The van der Waals surface area contributed by atoms with E-state index in [1.807, 2.05) is 13.8 Å². The first-order chi connectivity index (χ1) is 9.38. The molecule has 0 N–H and O–H groups in total. The molecule has 6 nitrogen and oxygen atoms in total. The fourth-order valence-corrected chi connectivity index (χ4v) is 2.00. The van der Waals surface area contributed by atoms with Crippen molar-refractivity contribution >= 4 is 17.3 Å². The van der Waals surface area contributed by atoms with Crippen LogP contribution in [0.25, 0.3) is 0 Å². The number of benzene rings is 1. The molecule has 0 amide bonds. The van der Waals surface area contributed by atoms with Gasteiger partial charge in [-0.1, -0.05) is 12.1 Å². The summed E-state index contributed by atoms with van der Waals surface area (Å²) in [6, 6.07) is 5.03. The average molecular weight is 280 g/mol. The molecule has 0 saturated heterocycles. The first kappa shape index (κ1) is 15.9. The first-order valence-electron chi connectivity index (χ1n) is 6.54. The zero-order valence-electron chi connectivity index (χ0n) is 12.3. The van der Waals surface area contributed by atoms with Crippen molar-refractivity contribution in [3.63, 3.8) is 0 Å². The summed E-state index contributed by atoms with van der Waals surface area (Å²) in [5, 5.41) is 11.2. The number of aryl methyl sites for hydroxylation is 1. The molecule has 0 saturated carbocycles. The van der Waals surface area contributed by atoms with Crippen LogP contribution < -0.4 is 4.90 Å². The minimum atomic E-state index is -0.412. The molecule has 0 aliphatic heterocycles. The zero-order valence-corrected chi connectivity index (χ0v) is 12.3. The van der Waals surface area contributed by atoms with Crippen LogP contribution in [0, 0.1) is 17.0 Å². The predicted octanol–water partition coefficient (Wildman–Crippen LogP) is 2.68. The van der Waals surface area contributed by atoms with Gasteiger partial charge in [-0.25, -0.2) is 0 Å². The highest BCUT2D eigenvalue weighted by Gasteiger charge is 2.25. The number of nitrogens with zero attached hydrogens (tertiary/aromatic N) is 2. The van der Waals surface area contributed by atoms with Gasteiger partial charge in [0.25, 0.3) is 5.69 Å². The van der Waals surface area contributed by atoms with Gasteiger partial charge in [-0.2, -0.15) is 0 Å². The summed E-state index contributed by atoms with van der Waals surface area (Å²) in [4.78, 5) is 24.2. The lowest BCUT2D eigenvalue weighted by Gasteiger charge is -2.27. The molecular formula is C14H20N2O4. The fraction of sp³-hybridized carbons (Fsp3) is 0.500. The smallest absolute Gasteiger partial charge is 0.325 e. The van der Waals surface area contributed by atoms with Crippen molar-refractivity contribution in [1.82, 2.24) is 0 Å². The second kappa shape index (κ2) is 6.88. The number of rotatable bonds is 6. The normalized spacial score (nSPS) is 10.4. The van der Waals surface area contributed by atoms with E-state index >= 15 is 0 Å². The van der Waals surface area contributed by atoms with E-state index in [0.29, 0.717) is 17.9 Å². The lowest BCUT2D eigenvalue weighted by molar-refractivity contribution is -0.384. The van der Waals surface area contributed by atoms with Crippen LogP contribution in [-0.2, 0) is 9.53 Å². The Morgan fingerprint density at radius 3 is 2.60 bits per heavy atom. The van der Waals surface area contributed by atoms with E-state index in [-0.39, 0.29) is 18.3 Å². The van der Waals surface area contributed by atoms with Crippen molar-refractivity contribution in [2.45, 2.75) is 33.7 Å². The molecule has 0 fully saturated rings. The highest BCUT2D eigenvalue weighted by Crippen LogP contribution is 2.32. The monoisotopic (exact) mass is 280 g/mol. The standard InChI is InChI=1S/C14H20N2O4/c1-5-20-13(17)9-15(10(2)3)12-8-6-7-11(4)14(12)16(18)19/h6-8,10H,5,9H2,1-4H3. The molecule has 0 aliphatic carbocycles. The van der Waals surface area contributed by atoms with Crippen LogP contribution in [0.1, 0.15) is 26.3 Å². The number of anilines is 1. The number of para-hydroxylation sites is 1. The molecular weight excluding hydrogens is 260 g/mol. The van der Waals surface area contributed by atoms with E-state index in [1.54, 1.807) is 36.9 Å². The summed E-state index contributed by atoms with van der Waals surface area (Å²) in [5.74, 6) is -0.392. The molecule has 0 aliphatic rings. The summed E-state index contributed by atoms with van der Waals surface area (Å²) in [6.45, 7) is 7.46. The van der Waals surface area contributed by atoms with Crippen molar-refractivity contribution in [1.29, 1.82) is 0 Å². The van der Waals surface area contributed by atoms with E-state index in [9.17, 15) is 14.9 Å². The van der Waals surface area contributed by atoms with E-state index in [1.165, 1.54) is 0 Å². The van der Waals surface area contributed by atoms with Gasteiger partial charge in [0.15, 0.2) is 0 Å². The van der Waals surface area contributed by atoms with Gasteiger partial charge >= 0.3 is 5.97 Å². The number of ether oxygens (including phenoxy) is 1. The van der Waals surface area contributed by atoms with Gasteiger partial charge in [-0.05, 0) is 33.8 Å². The van der Waals surface area contributed by atoms with Crippen molar-refractivity contribution in [3.8, 4) is 0 Å². The summed E-state index contributed by atoms with van der Waals surface area (Å²) in [7, 11) is 0. The Morgan fingerprint density at radius 2 is 2.10 bits per heavy atom. The number of esters is 1. The zero-order chi connectivity index (χ0) is 15.3. The second-order valence-electron chi connectivity index (χ2n) is 4.73.